The van der Waals surface area contributed by atoms with E-state index < -0.39 is 0 Å². The first-order chi connectivity index (χ1) is 11.6. The van der Waals surface area contributed by atoms with Gasteiger partial charge in [-0.25, -0.2) is 15.0 Å². The van der Waals surface area contributed by atoms with E-state index in [4.69, 9.17) is 4.74 Å². The van der Waals surface area contributed by atoms with Crippen LogP contribution in [-0.2, 0) is 0 Å². The molecule has 24 heavy (non-hydrogen) atoms. The third-order valence-corrected chi connectivity index (χ3v) is 4.09. The molecule has 0 aromatic carbocycles. The lowest BCUT2D eigenvalue weighted by Gasteiger charge is -2.18. The monoisotopic (exact) mass is 327 g/mol. The maximum absolute atomic E-state index is 12.5. The maximum atomic E-state index is 12.5. The Kier molecular flexibility index (Phi) is 4.59. The molecule has 1 saturated heterocycles. The van der Waals surface area contributed by atoms with Gasteiger partial charge >= 0.3 is 0 Å². The van der Waals surface area contributed by atoms with Crippen LogP contribution in [0, 0.1) is 13.8 Å². The van der Waals surface area contributed by atoms with Gasteiger partial charge in [0.1, 0.15) is 0 Å². The van der Waals surface area contributed by atoms with Crippen LogP contribution in [0.5, 0.6) is 5.88 Å². The fourth-order valence-electron chi connectivity index (χ4n) is 2.79. The molecule has 1 amide bonds. The number of carbonyl (C=O) groups excluding carboxylic acids is 1. The van der Waals surface area contributed by atoms with Crippen molar-refractivity contribution in [1.82, 2.24) is 15.0 Å². The topological polar surface area (TPSA) is 80.2 Å². The predicted octanol–water partition coefficient (Wildman–Crippen LogP) is 2.35. The Bertz CT molecular complexity index is 733. The van der Waals surface area contributed by atoms with Gasteiger partial charge in [-0.1, -0.05) is 0 Å². The van der Waals surface area contributed by atoms with Crippen molar-refractivity contribution in [2.75, 3.05) is 30.4 Å². The summed E-state index contributed by atoms with van der Waals surface area (Å²) in [5, 5.41) is 2.90. The summed E-state index contributed by atoms with van der Waals surface area (Å²) < 4.78 is 5.05. The van der Waals surface area contributed by atoms with E-state index in [0.717, 1.165) is 30.4 Å². The van der Waals surface area contributed by atoms with Crippen LogP contribution in [0.4, 0.5) is 11.6 Å². The number of rotatable bonds is 4. The van der Waals surface area contributed by atoms with Crippen LogP contribution in [0.3, 0.4) is 0 Å². The molecule has 1 N–H and O–H groups in total. The number of hydrogen-bond donors (Lipinski definition) is 1. The molecule has 0 unspecified atom stereocenters. The van der Waals surface area contributed by atoms with E-state index in [1.165, 1.54) is 20.0 Å². The first-order valence-electron chi connectivity index (χ1n) is 8.00. The van der Waals surface area contributed by atoms with Crippen LogP contribution in [0.15, 0.2) is 18.3 Å². The molecule has 7 nitrogen and oxygen atoms in total. The molecule has 0 aliphatic carbocycles. The van der Waals surface area contributed by atoms with Crippen molar-refractivity contribution in [3.8, 4) is 5.88 Å². The van der Waals surface area contributed by atoms with Crippen LogP contribution < -0.4 is 15.0 Å². The zero-order chi connectivity index (χ0) is 17.1. The van der Waals surface area contributed by atoms with Crippen molar-refractivity contribution in [3.05, 3.63) is 35.3 Å². The Morgan fingerprint density at radius 2 is 1.88 bits per heavy atom. The number of pyridine rings is 1. The van der Waals surface area contributed by atoms with Crippen molar-refractivity contribution in [2.45, 2.75) is 26.7 Å². The highest BCUT2D eigenvalue weighted by molar-refractivity contribution is 6.05. The van der Waals surface area contributed by atoms with E-state index in [9.17, 15) is 4.79 Å². The number of nitrogens with one attached hydrogen (secondary N) is 1. The van der Waals surface area contributed by atoms with Crippen LogP contribution in [-0.4, -0.2) is 41.1 Å². The largest absolute Gasteiger partial charge is 0.481 e. The van der Waals surface area contributed by atoms with E-state index in [-0.39, 0.29) is 5.91 Å². The fourth-order valence-corrected chi connectivity index (χ4v) is 2.79. The van der Waals surface area contributed by atoms with E-state index in [1.54, 1.807) is 18.3 Å². The first-order valence-corrected chi connectivity index (χ1v) is 8.00. The summed E-state index contributed by atoms with van der Waals surface area (Å²) in [4.78, 5) is 27.8. The second-order valence-electron chi connectivity index (χ2n) is 5.80. The molecule has 1 aliphatic heterocycles. The number of methoxy groups -OCH3 is 1. The number of aryl methyl sites for hydroxylation is 2. The molecule has 0 bridgehead atoms. The molecule has 1 aliphatic rings. The number of anilines is 2. The number of nitrogens with zero attached hydrogens (tertiary/aromatic N) is 4. The summed E-state index contributed by atoms with van der Waals surface area (Å²) in [5.41, 5.74) is 2.65. The minimum atomic E-state index is -0.237. The summed E-state index contributed by atoms with van der Waals surface area (Å²) in [6, 6.07) is 3.24. The van der Waals surface area contributed by atoms with E-state index in [1.807, 2.05) is 13.8 Å². The van der Waals surface area contributed by atoms with Crippen LogP contribution in [0.1, 0.15) is 34.6 Å². The van der Waals surface area contributed by atoms with Crippen LogP contribution in [0.2, 0.25) is 0 Å². The van der Waals surface area contributed by atoms with Gasteiger partial charge in [0.05, 0.1) is 24.2 Å². The molecule has 3 heterocycles. The second-order valence-corrected chi connectivity index (χ2v) is 5.80. The predicted molar refractivity (Wildman–Crippen MR) is 91.7 cm³/mol. The van der Waals surface area contributed by atoms with Crippen LogP contribution in [0.25, 0.3) is 0 Å². The molecular weight excluding hydrogens is 306 g/mol. The van der Waals surface area contributed by atoms with Gasteiger partial charge in [0.15, 0.2) is 0 Å². The van der Waals surface area contributed by atoms with Crippen molar-refractivity contribution in [2.24, 2.45) is 0 Å². The van der Waals surface area contributed by atoms with Gasteiger partial charge in [-0.2, -0.15) is 0 Å². The van der Waals surface area contributed by atoms with Gasteiger partial charge < -0.3 is 15.0 Å². The molecule has 2 aromatic heterocycles. The van der Waals surface area contributed by atoms with Gasteiger partial charge in [0.2, 0.25) is 11.8 Å². The molecule has 2 aromatic rings. The summed E-state index contributed by atoms with van der Waals surface area (Å²) in [5.74, 6) is 0.905. The van der Waals surface area contributed by atoms with Crippen molar-refractivity contribution < 1.29 is 9.53 Å². The van der Waals surface area contributed by atoms with Gasteiger partial charge in [0.25, 0.3) is 5.91 Å². The number of aromatic nitrogens is 3. The Labute approximate surface area is 141 Å². The molecule has 7 heteroatoms. The second kappa shape index (κ2) is 6.82. The van der Waals surface area contributed by atoms with Gasteiger partial charge in [0, 0.05) is 30.9 Å². The summed E-state index contributed by atoms with van der Waals surface area (Å²) in [6.45, 7) is 5.75. The van der Waals surface area contributed by atoms with Gasteiger partial charge in [-0.3, -0.25) is 4.79 Å². The normalized spacial score (nSPS) is 13.9. The summed E-state index contributed by atoms with van der Waals surface area (Å²) in [7, 11) is 1.52. The number of carbonyl (C=O) groups is 1. The Morgan fingerprint density at radius 3 is 2.50 bits per heavy atom. The molecule has 0 radical (unpaired) electrons. The van der Waals surface area contributed by atoms with E-state index in [2.05, 4.69) is 25.2 Å². The maximum Gasteiger partial charge on any atom is 0.256 e. The van der Waals surface area contributed by atoms with Crippen molar-refractivity contribution in [1.29, 1.82) is 0 Å². The molecule has 1 fully saturated rings. The zero-order valence-corrected chi connectivity index (χ0v) is 14.2. The van der Waals surface area contributed by atoms with Crippen molar-refractivity contribution in [3.63, 3.8) is 0 Å². The highest BCUT2D eigenvalue weighted by Gasteiger charge is 2.19. The zero-order valence-electron chi connectivity index (χ0n) is 14.2. The fraction of sp³-hybridized carbons (Fsp3) is 0.412. The highest BCUT2D eigenvalue weighted by Crippen LogP contribution is 2.23. The smallest absolute Gasteiger partial charge is 0.256 e. The molecule has 3 rings (SSSR count). The highest BCUT2D eigenvalue weighted by atomic mass is 16.5. The third kappa shape index (κ3) is 3.29. The quantitative estimate of drug-likeness (QED) is 0.928. The molecule has 0 atom stereocenters. The van der Waals surface area contributed by atoms with Crippen LogP contribution >= 0.6 is 0 Å². The van der Waals surface area contributed by atoms with Gasteiger partial charge in [-0.05, 0) is 32.8 Å². The number of hydrogen-bond acceptors (Lipinski definition) is 6. The summed E-state index contributed by atoms with van der Waals surface area (Å²) in [6.07, 6.45) is 3.88. The van der Waals surface area contributed by atoms with E-state index in [0.29, 0.717) is 17.1 Å². The van der Waals surface area contributed by atoms with Crippen molar-refractivity contribution >= 4 is 17.5 Å². The minimum absolute atomic E-state index is 0.237. The Hall–Kier alpha value is -2.70. The number of ether oxygens (including phenoxy) is 1. The molecule has 0 spiro atoms. The lowest BCUT2D eigenvalue weighted by atomic mass is 10.2. The Morgan fingerprint density at radius 1 is 1.21 bits per heavy atom. The molecule has 126 valence electrons. The SMILES string of the molecule is COc1cc(C(=O)Nc2c(C)nc(N3CCCC3)nc2C)ccn1. The van der Waals surface area contributed by atoms with E-state index >= 15 is 0 Å². The lowest BCUT2D eigenvalue weighted by molar-refractivity contribution is 0.102. The Balaban J connectivity index is 1.82. The third-order valence-electron chi connectivity index (χ3n) is 4.09. The average Bonchev–Trinajstić information content (AvgIpc) is 3.12. The number of amides is 1. The lowest BCUT2D eigenvalue weighted by Crippen LogP contribution is -2.22. The standard InChI is InChI=1S/C17H21N5O2/c1-11-15(12(2)20-17(19-11)22-8-4-5-9-22)21-16(23)13-6-7-18-14(10-13)24-3/h6-7,10H,4-5,8-9H2,1-3H3,(H,21,23). The molecule has 0 saturated carbocycles. The molecular formula is C17H21N5O2. The first kappa shape index (κ1) is 16.2. The summed E-state index contributed by atoms with van der Waals surface area (Å²) >= 11 is 0. The minimum Gasteiger partial charge on any atom is -0.481 e. The average molecular weight is 327 g/mol. The van der Waals surface area contributed by atoms with Gasteiger partial charge in [-0.15, -0.1) is 0 Å².